The molecular formula is C26H41N5O2. The highest BCUT2D eigenvalue weighted by molar-refractivity contribution is 6.15. The molecule has 2 saturated heterocycles. The van der Waals surface area contributed by atoms with E-state index in [0.717, 1.165) is 67.3 Å². The Morgan fingerprint density at radius 1 is 1.30 bits per heavy atom. The lowest BCUT2D eigenvalue weighted by atomic mass is 9.78. The zero-order chi connectivity index (χ0) is 23.8. The molecule has 2 fully saturated rings. The first kappa shape index (κ1) is 25.2. The van der Waals surface area contributed by atoms with Gasteiger partial charge in [0.05, 0.1) is 11.6 Å². The van der Waals surface area contributed by atoms with Crippen LogP contribution in [0.5, 0.6) is 0 Å². The van der Waals surface area contributed by atoms with E-state index in [1.807, 2.05) is 20.0 Å². The SMILES string of the molecule is CCCC(C(=N)c1ccc(N2CCC(CC3CCNCC3C)CC2)cc1NC)C(=O)NC=O. The van der Waals surface area contributed by atoms with E-state index in [-0.39, 0.29) is 5.71 Å². The van der Waals surface area contributed by atoms with Crippen LogP contribution in [-0.2, 0) is 9.59 Å². The van der Waals surface area contributed by atoms with Crippen LogP contribution in [0.1, 0.15) is 57.9 Å². The van der Waals surface area contributed by atoms with Crippen LogP contribution >= 0.6 is 0 Å². The molecule has 0 radical (unpaired) electrons. The summed E-state index contributed by atoms with van der Waals surface area (Å²) in [4.78, 5) is 25.5. The van der Waals surface area contributed by atoms with Crippen molar-refractivity contribution < 1.29 is 9.59 Å². The highest BCUT2D eigenvalue weighted by Gasteiger charge is 2.28. The molecule has 2 aliphatic rings. The highest BCUT2D eigenvalue weighted by Crippen LogP contribution is 2.34. The summed E-state index contributed by atoms with van der Waals surface area (Å²) in [7, 11) is 1.85. The molecule has 1 aromatic carbocycles. The van der Waals surface area contributed by atoms with Gasteiger partial charge in [0.1, 0.15) is 0 Å². The molecule has 3 atom stereocenters. The number of anilines is 2. The van der Waals surface area contributed by atoms with Crippen molar-refractivity contribution in [2.45, 2.75) is 52.4 Å². The van der Waals surface area contributed by atoms with Crippen LogP contribution in [0.25, 0.3) is 0 Å². The van der Waals surface area contributed by atoms with E-state index in [4.69, 9.17) is 5.41 Å². The van der Waals surface area contributed by atoms with Crippen LogP contribution in [0, 0.1) is 29.1 Å². The Balaban J connectivity index is 1.65. The molecule has 0 aliphatic carbocycles. The molecule has 33 heavy (non-hydrogen) atoms. The Morgan fingerprint density at radius 3 is 2.70 bits per heavy atom. The maximum atomic E-state index is 12.3. The Morgan fingerprint density at radius 2 is 2.06 bits per heavy atom. The molecule has 0 bridgehead atoms. The quantitative estimate of drug-likeness (QED) is 0.319. The summed E-state index contributed by atoms with van der Waals surface area (Å²) in [5.41, 5.74) is 2.98. The molecule has 2 amide bonds. The van der Waals surface area contributed by atoms with Crippen LogP contribution in [0.2, 0.25) is 0 Å². The van der Waals surface area contributed by atoms with Crippen molar-refractivity contribution in [1.29, 1.82) is 5.41 Å². The van der Waals surface area contributed by atoms with Gasteiger partial charge in [0.25, 0.3) is 0 Å². The van der Waals surface area contributed by atoms with Crippen LogP contribution < -0.4 is 20.9 Å². The average Bonchev–Trinajstić information content (AvgIpc) is 2.83. The van der Waals surface area contributed by atoms with Gasteiger partial charge in [-0.1, -0.05) is 20.3 Å². The number of imide groups is 1. The molecule has 182 valence electrons. The summed E-state index contributed by atoms with van der Waals surface area (Å²) in [6.07, 6.45) is 6.82. The summed E-state index contributed by atoms with van der Waals surface area (Å²) >= 11 is 0. The third-order valence-corrected chi connectivity index (χ3v) is 7.58. The number of hydrogen-bond donors (Lipinski definition) is 4. The average molecular weight is 456 g/mol. The maximum absolute atomic E-state index is 12.3. The molecule has 1 aromatic rings. The lowest BCUT2D eigenvalue weighted by molar-refractivity contribution is -0.126. The monoisotopic (exact) mass is 455 g/mol. The third kappa shape index (κ3) is 6.34. The number of nitrogens with zero attached hydrogens (tertiary/aromatic N) is 1. The molecular weight excluding hydrogens is 414 g/mol. The lowest BCUT2D eigenvalue weighted by Gasteiger charge is -2.38. The van der Waals surface area contributed by atoms with E-state index in [2.05, 4.69) is 39.9 Å². The normalized spacial score (nSPS) is 22.5. The van der Waals surface area contributed by atoms with E-state index < -0.39 is 11.8 Å². The third-order valence-electron chi connectivity index (χ3n) is 7.58. The predicted octanol–water partition coefficient (Wildman–Crippen LogP) is 3.64. The second-order valence-electron chi connectivity index (χ2n) is 9.76. The molecule has 7 nitrogen and oxygen atoms in total. The number of carbonyl (C=O) groups excluding carboxylic acids is 2. The number of amides is 2. The highest BCUT2D eigenvalue weighted by atomic mass is 16.2. The zero-order valence-corrected chi connectivity index (χ0v) is 20.5. The Kier molecular flexibility index (Phi) is 9.30. The smallest absolute Gasteiger partial charge is 0.235 e. The number of hydrogen-bond acceptors (Lipinski definition) is 6. The van der Waals surface area contributed by atoms with Crippen LogP contribution in [0.3, 0.4) is 0 Å². The summed E-state index contributed by atoms with van der Waals surface area (Å²) in [6, 6.07) is 6.11. The van der Waals surface area contributed by atoms with E-state index >= 15 is 0 Å². The van der Waals surface area contributed by atoms with Crippen LogP contribution in [0.4, 0.5) is 11.4 Å². The molecule has 4 N–H and O–H groups in total. The molecule has 3 unspecified atom stereocenters. The number of piperidine rings is 2. The van der Waals surface area contributed by atoms with Gasteiger partial charge < -0.3 is 20.9 Å². The number of benzene rings is 1. The van der Waals surface area contributed by atoms with Crippen LogP contribution in [0.15, 0.2) is 18.2 Å². The summed E-state index contributed by atoms with van der Waals surface area (Å²) in [5, 5.41) is 17.6. The topological polar surface area (TPSA) is 97.3 Å². The molecule has 0 spiro atoms. The molecule has 7 heteroatoms. The molecule has 2 aliphatic heterocycles. The fraction of sp³-hybridized carbons (Fsp3) is 0.654. The maximum Gasteiger partial charge on any atom is 0.235 e. The van der Waals surface area contributed by atoms with Gasteiger partial charge in [-0.2, -0.15) is 0 Å². The van der Waals surface area contributed by atoms with Crippen molar-refractivity contribution in [2.75, 3.05) is 43.4 Å². The predicted molar refractivity (Wildman–Crippen MR) is 135 cm³/mol. The van der Waals surface area contributed by atoms with Gasteiger partial charge in [-0.25, -0.2) is 0 Å². The summed E-state index contributed by atoms with van der Waals surface area (Å²) < 4.78 is 0. The first-order valence-electron chi connectivity index (χ1n) is 12.6. The van der Waals surface area contributed by atoms with E-state index in [0.29, 0.717) is 12.8 Å². The van der Waals surface area contributed by atoms with E-state index in [9.17, 15) is 9.59 Å². The molecule has 0 aromatic heterocycles. The summed E-state index contributed by atoms with van der Waals surface area (Å²) in [5.74, 6) is 1.41. The minimum atomic E-state index is -0.633. The molecule has 0 saturated carbocycles. The van der Waals surface area contributed by atoms with Crippen LogP contribution in [-0.4, -0.2) is 51.3 Å². The summed E-state index contributed by atoms with van der Waals surface area (Å²) in [6.45, 7) is 8.81. The minimum absolute atomic E-state index is 0.252. The number of carbonyl (C=O) groups is 2. The van der Waals surface area contributed by atoms with E-state index in [1.165, 1.54) is 25.7 Å². The Bertz CT molecular complexity index is 819. The van der Waals surface area contributed by atoms with Crippen molar-refractivity contribution in [3.05, 3.63) is 23.8 Å². The minimum Gasteiger partial charge on any atom is -0.388 e. The largest absolute Gasteiger partial charge is 0.388 e. The van der Waals surface area contributed by atoms with Gasteiger partial charge in [0.15, 0.2) is 0 Å². The first-order chi connectivity index (χ1) is 16.0. The Hall–Kier alpha value is -2.41. The van der Waals surface area contributed by atoms with E-state index in [1.54, 1.807) is 0 Å². The number of rotatable bonds is 10. The fourth-order valence-corrected chi connectivity index (χ4v) is 5.49. The second-order valence-corrected chi connectivity index (χ2v) is 9.76. The zero-order valence-electron chi connectivity index (χ0n) is 20.5. The first-order valence-corrected chi connectivity index (χ1v) is 12.6. The van der Waals surface area contributed by atoms with Crippen molar-refractivity contribution in [3.8, 4) is 0 Å². The van der Waals surface area contributed by atoms with Gasteiger partial charge >= 0.3 is 0 Å². The standard InChI is InChI=1S/C26H41N5O2/c1-4-5-23(26(33)30-17-32)25(27)22-7-6-21(15-24(22)28-3)31-12-9-19(10-13-31)14-20-8-11-29-16-18(20)2/h6-7,15,17-20,23,27-29H,4-5,8-14,16H2,1-3H3,(H,30,32,33). The Labute approximate surface area is 198 Å². The van der Waals surface area contributed by atoms with Gasteiger partial charge in [0.2, 0.25) is 12.3 Å². The van der Waals surface area contributed by atoms with Gasteiger partial charge in [-0.3, -0.25) is 14.9 Å². The lowest BCUT2D eigenvalue weighted by Crippen LogP contribution is -2.38. The van der Waals surface area contributed by atoms with Gasteiger partial charge in [0, 0.05) is 37.1 Å². The molecule has 2 heterocycles. The van der Waals surface area contributed by atoms with Crippen molar-refractivity contribution in [2.24, 2.45) is 23.7 Å². The molecule has 3 rings (SSSR count). The van der Waals surface area contributed by atoms with Gasteiger partial charge in [-0.15, -0.1) is 0 Å². The van der Waals surface area contributed by atoms with Gasteiger partial charge in [-0.05, 0) is 81.1 Å². The number of nitrogens with one attached hydrogen (secondary N) is 4. The van der Waals surface area contributed by atoms with Crippen molar-refractivity contribution >= 4 is 29.4 Å². The second kappa shape index (κ2) is 12.2. The van der Waals surface area contributed by atoms with Crippen molar-refractivity contribution in [1.82, 2.24) is 10.6 Å². The fourth-order valence-electron chi connectivity index (χ4n) is 5.49. The van der Waals surface area contributed by atoms with Crippen molar-refractivity contribution in [3.63, 3.8) is 0 Å².